The van der Waals surface area contributed by atoms with E-state index < -0.39 is 10.0 Å². The number of aromatic nitrogens is 1. The Bertz CT molecular complexity index is 765. The minimum absolute atomic E-state index is 0.0231. The lowest BCUT2D eigenvalue weighted by Crippen LogP contribution is -2.13. The number of nitrogens with one attached hydrogen (secondary N) is 1. The summed E-state index contributed by atoms with van der Waals surface area (Å²) in [5.74, 6) is -0.166. The molecule has 1 heterocycles. The minimum atomic E-state index is -3.85. The number of hydrogen-bond donors (Lipinski definition) is 2. The van der Waals surface area contributed by atoms with E-state index in [9.17, 15) is 13.5 Å². The van der Waals surface area contributed by atoms with Crippen LogP contribution in [0.25, 0.3) is 0 Å². The average molecular weight is 378 g/mol. The highest BCUT2D eigenvalue weighted by atomic mass is 79.9. The molecule has 0 saturated carbocycles. The lowest BCUT2D eigenvalue weighted by molar-refractivity contribution is 0.473. The van der Waals surface area contributed by atoms with Gasteiger partial charge in [0.15, 0.2) is 0 Å². The topological polar surface area (TPSA) is 79.3 Å². The third kappa shape index (κ3) is 3.23. The van der Waals surface area contributed by atoms with E-state index in [2.05, 4.69) is 25.6 Å². The number of phenols is 1. The van der Waals surface area contributed by atoms with Crippen molar-refractivity contribution >= 4 is 43.2 Å². The van der Waals surface area contributed by atoms with E-state index in [1.807, 2.05) is 0 Å². The molecule has 20 heavy (non-hydrogen) atoms. The van der Waals surface area contributed by atoms with Crippen LogP contribution in [0.3, 0.4) is 0 Å². The smallest absolute Gasteiger partial charge is 0.263 e. The summed E-state index contributed by atoms with van der Waals surface area (Å²) in [7, 11) is -3.85. The molecule has 2 rings (SSSR count). The second-order valence-electron chi connectivity index (χ2n) is 4.06. The Kier molecular flexibility index (Phi) is 4.22. The molecule has 0 amide bonds. The van der Waals surface area contributed by atoms with Crippen LogP contribution in [0.15, 0.2) is 40.0 Å². The molecular formula is C12H10BrClN2O3S. The first kappa shape index (κ1) is 15.1. The van der Waals surface area contributed by atoms with Crippen LogP contribution in [0.2, 0.25) is 5.02 Å². The van der Waals surface area contributed by atoms with E-state index in [0.717, 1.165) is 0 Å². The summed E-state index contributed by atoms with van der Waals surface area (Å²) in [5, 5.41) is 10.2. The summed E-state index contributed by atoms with van der Waals surface area (Å²) in [5.41, 5.74) is 0.498. The molecule has 0 atom stereocenters. The van der Waals surface area contributed by atoms with Crippen LogP contribution in [-0.4, -0.2) is 18.5 Å². The van der Waals surface area contributed by atoms with Crippen molar-refractivity contribution in [2.45, 2.75) is 11.8 Å². The highest BCUT2D eigenvalue weighted by Gasteiger charge is 2.18. The molecule has 1 aromatic heterocycles. The Morgan fingerprint density at radius 1 is 1.30 bits per heavy atom. The quantitative estimate of drug-likeness (QED) is 0.804. The van der Waals surface area contributed by atoms with E-state index >= 15 is 0 Å². The van der Waals surface area contributed by atoms with Gasteiger partial charge in [-0.15, -0.1) is 0 Å². The molecular weight excluding hydrogens is 368 g/mol. The predicted octanol–water partition coefficient (Wildman–Crippen LogP) is 3.31. The molecule has 0 aliphatic carbocycles. The van der Waals surface area contributed by atoms with E-state index in [-0.39, 0.29) is 16.3 Å². The van der Waals surface area contributed by atoms with E-state index in [0.29, 0.717) is 15.1 Å². The first-order valence-corrected chi connectivity index (χ1v) is 8.07. The van der Waals surface area contributed by atoms with Crippen LogP contribution in [0.1, 0.15) is 5.56 Å². The first-order chi connectivity index (χ1) is 9.29. The summed E-state index contributed by atoms with van der Waals surface area (Å²) < 4.78 is 27.2. The highest BCUT2D eigenvalue weighted by molar-refractivity contribution is 9.10. The Morgan fingerprint density at radius 2 is 2.00 bits per heavy atom. The fourth-order valence-electron chi connectivity index (χ4n) is 1.56. The number of aromatic hydroxyl groups is 1. The molecule has 0 radical (unpaired) electrons. The molecule has 0 aliphatic heterocycles. The lowest BCUT2D eigenvalue weighted by Gasteiger charge is -2.11. The lowest BCUT2D eigenvalue weighted by atomic mass is 10.2. The molecule has 0 unspecified atom stereocenters. The van der Waals surface area contributed by atoms with Gasteiger partial charge in [-0.05, 0) is 46.6 Å². The predicted molar refractivity (Wildman–Crippen MR) is 80.6 cm³/mol. The zero-order valence-electron chi connectivity index (χ0n) is 10.3. The zero-order valence-corrected chi connectivity index (χ0v) is 13.4. The molecule has 0 aliphatic rings. The van der Waals surface area contributed by atoms with Crippen LogP contribution in [0.5, 0.6) is 5.75 Å². The second-order valence-corrected chi connectivity index (χ2v) is 7.10. The molecule has 5 nitrogen and oxygen atoms in total. The van der Waals surface area contributed by atoms with Gasteiger partial charge in [-0.2, -0.15) is 0 Å². The van der Waals surface area contributed by atoms with Crippen molar-refractivity contribution in [1.29, 1.82) is 0 Å². The number of anilines is 1. The Hall–Kier alpha value is -1.31. The molecule has 0 fully saturated rings. The number of phenolic OH excluding ortho intramolecular Hbond substituents is 1. The standard InChI is InChI=1S/C12H10BrClN2O3S/c1-7-2-9(14)4-11(12(7)17)16-20(18,19)10-3-8(13)5-15-6-10/h2-6,16-17H,1H3. The highest BCUT2D eigenvalue weighted by Crippen LogP contribution is 2.32. The van der Waals surface area contributed by atoms with Gasteiger partial charge >= 0.3 is 0 Å². The summed E-state index contributed by atoms with van der Waals surface area (Å²) in [6, 6.07) is 4.28. The maximum absolute atomic E-state index is 12.2. The number of halogens is 2. The van der Waals surface area contributed by atoms with Gasteiger partial charge in [0.25, 0.3) is 10.0 Å². The van der Waals surface area contributed by atoms with Crippen molar-refractivity contribution < 1.29 is 13.5 Å². The first-order valence-electron chi connectivity index (χ1n) is 5.42. The number of rotatable bonds is 3. The molecule has 2 N–H and O–H groups in total. The molecule has 0 spiro atoms. The van der Waals surface area contributed by atoms with Gasteiger partial charge in [-0.25, -0.2) is 8.42 Å². The Morgan fingerprint density at radius 3 is 2.65 bits per heavy atom. The van der Waals surface area contributed by atoms with Crippen LogP contribution >= 0.6 is 27.5 Å². The minimum Gasteiger partial charge on any atom is -0.505 e. The zero-order chi connectivity index (χ0) is 14.9. The molecule has 1 aromatic carbocycles. The maximum atomic E-state index is 12.2. The Balaban J connectivity index is 2.44. The SMILES string of the molecule is Cc1cc(Cl)cc(NS(=O)(=O)c2cncc(Br)c2)c1O. The number of pyridine rings is 1. The van der Waals surface area contributed by atoms with Gasteiger partial charge in [0.05, 0.1) is 5.69 Å². The summed E-state index contributed by atoms with van der Waals surface area (Å²) in [6.07, 6.45) is 2.68. The van der Waals surface area contributed by atoms with Crippen LogP contribution < -0.4 is 4.72 Å². The third-order valence-corrected chi connectivity index (χ3v) is 4.48. The van der Waals surface area contributed by atoms with Gasteiger partial charge in [0, 0.05) is 21.9 Å². The van der Waals surface area contributed by atoms with Crippen molar-refractivity contribution in [2.75, 3.05) is 4.72 Å². The largest absolute Gasteiger partial charge is 0.505 e. The van der Waals surface area contributed by atoms with Crippen molar-refractivity contribution in [2.24, 2.45) is 0 Å². The van der Waals surface area contributed by atoms with Gasteiger partial charge in [-0.3, -0.25) is 9.71 Å². The van der Waals surface area contributed by atoms with Crippen LogP contribution in [-0.2, 0) is 10.0 Å². The Labute approximate surface area is 129 Å². The number of sulfonamides is 1. The van der Waals surface area contributed by atoms with Crippen LogP contribution in [0, 0.1) is 6.92 Å². The van der Waals surface area contributed by atoms with Gasteiger partial charge in [0.1, 0.15) is 10.6 Å². The number of benzene rings is 1. The van der Waals surface area contributed by atoms with Crippen LogP contribution in [0.4, 0.5) is 5.69 Å². The number of nitrogens with zero attached hydrogens (tertiary/aromatic N) is 1. The molecule has 0 bridgehead atoms. The molecule has 2 aromatic rings. The van der Waals surface area contributed by atoms with E-state index in [1.54, 1.807) is 6.92 Å². The molecule has 0 saturated heterocycles. The maximum Gasteiger partial charge on any atom is 0.263 e. The van der Waals surface area contributed by atoms with E-state index in [4.69, 9.17) is 11.6 Å². The van der Waals surface area contributed by atoms with Crippen molar-refractivity contribution in [3.05, 3.63) is 45.7 Å². The fourth-order valence-corrected chi connectivity index (χ4v) is 3.39. The van der Waals surface area contributed by atoms with Crippen molar-refractivity contribution in [1.82, 2.24) is 4.98 Å². The van der Waals surface area contributed by atoms with Gasteiger partial charge < -0.3 is 5.11 Å². The van der Waals surface area contributed by atoms with Gasteiger partial charge in [-0.1, -0.05) is 11.6 Å². The summed E-state index contributed by atoms with van der Waals surface area (Å²) in [4.78, 5) is 3.77. The molecule has 8 heteroatoms. The van der Waals surface area contributed by atoms with Gasteiger partial charge in [0.2, 0.25) is 0 Å². The normalized spacial score (nSPS) is 11.3. The third-order valence-electron chi connectivity index (χ3n) is 2.50. The summed E-state index contributed by atoms with van der Waals surface area (Å²) in [6.45, 7) is 1.62. The number of hydrogen-bond acceptors (Lipinski definition) is 4. The van der Waals surface area contributed by atoms with Crippen molar-refractivity contribution in [3.63, 3.8) is 0 Å². The van der Waals surface area contributed by atoms with E-state index in [1.165, 1.54) is 30.6 Å². The van der Waals surface area contributed by atoms with Crippen molar-refractivity contribution in [3.8, 4) is 5.75 Å². The monoisotopic (exact) mass is 376 g/mol. The average Bonchev–Trinajstić information content (AvgIpc) is 2.35. The molecule has 106 valence electrons. The second kappa shape index (κ2) is 5.59. The summed E-state index contributed by atoms with van der Waals surface area (Å²) >= 11 is 9.01. The fraction of sp³-hybridized carbons (Fsp3) is 0.0833. The number of aryl methyl sites for hydroxylation is 1.